The standard InChI is InChI=1S/C52H99NO5/c1-3-5-7-9-11-13-15-21-25-28-32-36-40-44-50(55)49(48-54)53-51(56)45-41-37-33-29-26-22-19-17-16-18-20-23-27-31-35-39-43-47-58-52(57)46-42-38-34-30-24-14-12-10-8-6-4-2/h10,12,16,18,49-50,54-55H,3-9,11,13-15,17,19-48H2,1-2H3,(H,53,56)/b12-10-,18-16-. The van der Waals surface area contributed by atoms with Gasteiger partial charge in [-0.05, 0) is 70.6 Å². The molecule has 0 aliphatic heterocycles. The number of amides is 1. The van der Waals surface area contributed by atoms with Crippen LogP contribution in [0, 0.1) is 0 Å². The van der Waals surface area contributed by atoms with E-state index < -0.39 is 12.1 Å². The molecule has 0 aromatic carbocycles. The van der Waals surface area contributed by atoms with E-state index in [1.807, 2.05) is 0 Å². The number of ether oxygens (including phenoxy) is 1. The zero-order valence-corrected chi connectivity index (χ0v) is 38.8. The average Bonchev–Trinajstić information content (AvgIpc) is 3.22. The highest BCUT2D eigenvalue weighted by Gasteiger charge is 2.20. The first-order valence-electron chi connectivity index (χ1n) is 25.6. The molecule has 0 aromatic heterocycles. The van der Waals surface area contributed by atoms with E-state index in [0.717, 1.165) is 57.8 Å². The number of aliphatic hydroxyl groups excluding tert-OH is 2. The Morgan fingerprint density at radius 2 is 0.828 bits per heavy atom. The largest absolute Gasteiger partial charge is 0.466 e. The van der Waals surface area contributed by atoms with Crippen molar-refractivity contribution in [3.63, 3.8) is 0 Å². The topological polar surface area (TPSA) is 95.9 Å². The molecule has 0 aliphatic rings. The van der Waals surface area contributed by atoms with Gasteiger partial charge in [-0.1, -0.05) is 212 Å². The van der Waals surface area contributed by atoms with Gasteiger partial charge in [-0.15, -0.1) is 0 Å². The Morgan fingerprint density at radius 1 is 0.466 bits per heavy atom. The van der Waals surface area contributed by atoms with Crippen molar-refractivity contribution in [2.24, 2.45) is 0 Å². The first-order valence-corrected chi connectivity index (χ1v) is 25.6. The molecule has 0 saturated heterocycles. The van der Waals surface area contributed by atoms with Crippen LogP contribution in [0.4, 0.5) is 0 Å². The molecule has 6 nitrogen and oxygen atoms in total. The Morgan fingerprint density at radius 3 is 1.28 bits per heavy atom. The summed E-state index contributed by atoms with van der Waals surface area (Å²) in [5.41, 5.74) is 0. The normalized spacial score (nSPS) is 12.8. The molecule has 2 atom stereocenters. The van der Waals surface area contributed by atoms with Crippen molar-refractivity contribution in [3.8, 4) is 0 Å². The lowest BCUT2D eigenvalue weighted by Crippen LogP contribution is -2.45. The van der Waals surface area contributed by atoms with Crippen LogP contribution in [0.25, 0.3) is 0 Å². The second-order valence-electron chi connectivity index (χ2n) is 17.5. The van der Waals surface area contributed by atoms with Crippen LogP contribution in [0.15, 0.2) is 24.3 Å². The van der Waals surface area contributed by atoms with E-state index in [1.54, 1.807) is 0 Å². The van der Waals surface area contributed by atoms with E-state index in [9.17, 15) is 19.8 Å². The molecule has 342 valence electrons. The molecule has 0 saturated carbocycles. The SMILES string of the molecule is CCCC/C=C\CCCCCCCC(=O)OCCCCCCCC/C=C\CCCCCCCCCC(=O)NC(CO)C(O)CCCCCCCCCCCCCCC. The molecule has 0 heterocycles. The number of unbranched alkanes of at least 4 members (excludes halogenated alkanes) is 32. The van der Waals surface area contributed by atoms with Gasteiger partial charge >= 0.3 is 5.97 Å². The predicted molar refractivity (Wildman–Crippen MR) is 250 cm³/mol. The van der Waals surface area contributed by atoms with Gasteiger partial charge in [-0.25, -0.2) is 0 Å². The Hall–Kier alpha value is -1.66. The fraction of sp³-hybridized carbons (Fsp3) is 0.885. The monoisotopic (exact) mass is 818 g/mol. The van der Waals surface area contributed by atoms with Crippen LogP contribution in [0.5, 0.6) is 0 Å². The number of rotatable bonds is 47. The molecule has 0 fully saturated rings. The smallest absolute Gasteiger partial charge is 0.305 e. The van der Waals surface area contributed by atoms with Gasteiger partial charge in [0, 0.05) is 12.8 Å². The summed E-state index contributed by atoms with van der Waals surface area (Å²) in [5.74, 6) is -0.0609. The van der Waals surface area contributed by atoms with Crippen LogP contribution in [-0.4, -0.2) is 47.4 Å². The van der Waals surface area contributed by atoms with E-state index in [0.29, 0.717) is 25.9 Å². The molecule has 0 radical (unpaired) electrons. The number of nitrogens with one attached hydrogen (secondary N) is 1. The summed E-state index contributed by atoms with van der Waals surface area (Å²) in [6, 6.07) is -0.549. The summed E-state index contributed by atoms with van der Waals surface area (Å²) in [7, 11) is 0. The summed E-state index contributed by atoms with van der Waals surface area (Å²) in [6.45, 7) is 4.88. The molecule has 6 heteroatoms. The first-order chi connectivity index (χ1) is 28.5. The summed E-state index contributed by atoms with van der Waals surface area (Å²) < 4.78 is 5.44. The van der Waals surface area contributed by atoms with Gasteiger partial charge in [0.15, 0.2) is 0 Å². The molecule has 2 unspecified atom stereocenters. The van der Waals surface area contributed by atoms with Gasteiger partial charge in [-0.2, -0.15) is 0 Å². The third-order valence-corrected chi connectivity index (χ3v) is 11.7. The molecule has 0 bridgehead atoms. The van der Waals surface area contributed by atoms with Crippen LogP contribution < -0.4 is 5.32 Å². The van der Waals surface area contributed by atoms with Gasteiger partial charge in [-0.3, -0.25) is 9.59 Å². The van der Waals surface area contributed by atoms with Gasteiger partial charge in [0.1, 0.15) is 0 Å². The molecule has 0 spiro atoms. The fourth-order valence-corrected chi connectivity index (χ4v) is 7.73. The predicted octanol–water partition coefficient (Wildman–Crippen LogP) is 15.1. The van der Waals surface area contributed by atoms with E-state index in [4.69, 9.17) is 4.74 Å². The lowest BCUT2D eigenvalue weighted by Gasteiger charge is -2.22. The van der Waals surface area contributed by atoms with E-state index in [2.05, 4.69) is 43.5 Å². The van der Waals surface area contributed by atoms with Crippen molar-refractivity contribution in [2.75, 3.05) is 13.2 Å². The number of hydrogen-bond acceptors (Lipinski definition) is 5. The zero-order valence-electron chi connectivity index (χ0n) is 38.8. The van der Waals surface area contributed by atoms with Crippen molar-refractivity contribution < 1.29 is 24.5 Å². The van der Waals surface area contributed by atoms with E-state index in [-0.39, 0.29) is 18.5 Å². The van der Waals surface area contributed by atoms with Crippen LogP contribution in [-0.2, 0) is 14.3 Å². The number of carbonyl (C=O) groups excluding carboxylic acids is 2. The van der Waals surface area contributed by atoms with Crippen LogP contribution in [0.3, 0.4) is 0 Å². The highest BCUT2D eigenvalue weighted by atomic mass is 16.5. The number of hydrogen-bond donors (Lipinski definition) is 3. The van der Waals surface area contributed by atoms with Gasteiger partial charge < -0.3 is 20.3 Å². The molecular formula is C52H99NO5. The maximum atomic E-state index is 12.4. The molecule has 0 aromatic rings. The molecule has 58 heavy (non-hydrogen) atoms. The first kappa shape index (κ1) is 56.3. The quantitative estimate of drug-likeness (QED) is 0.0323. The van der Waals surface area contributed by atoms with Crippen molar-refractivity contribution in [1.29, 1.82) is 0 Å². The van der Waals surface area contributed by atoms with Gasteiger partial charge in [0.05, 0.1) is 25.4 Å². The Balaban J connectivity index is 3.47. The molecular weight excluding hydrogens is 719 g/mol. The second kappa shape index (κ2) is 48.0. The van der Waals surface area contributed by atoms with Gasteiger partial charge in [0.25, 0.3) is 0 Å². The minimum absolute atomic E-state index is 0.0132. The maximum Gasteiger partial charge on any atom is 0.305 e. The fourth-order valence-electron chi connectivity index (χ4n) is 7.73. The number of carbonyl (C=O) groups is 2. The Bertz CT molecular complexity index is 904. The lowest BCUT2D eigenvalue weighted by atomic mass is 10.0. The highest BCUT2D eigenvalue weighted by molar-refractivity contribution is 5.76. The zero-order chi connectivity index (χ0) is 42.3. The summed E-state index contributed by atoms with van der Waals surface area (Å²) in [4.78, 5) is 24.4. The summed E-state index contributed by atoms with van der Waals surface area (Å²) >= 11 is 0. The van der Waals surface area contributed by atoms with Crippen molar-refractivity contribution in [1.82, 2.24) is 5.32 Å². The molecule has 3 N–H and O–H groups in total. The third kappa shape index (κ3) is 43.9. The highest BCUT2D eigenvalue weighted by Crippen LogP contribution is 2.16. The van der Waals surface area contributed by atoms with Crippen molar-refractivity contribution >= 4 is 11.9 Å². The minimum Gasteiger partial charge on any atom is -0.466 e. The lowest BCUT2D eigenvalue weighted by molar-refractivity contribution is -0.143. The van der Waals surface area contributed by atoms with Crippen LogP contribution >= 0.6 is 0 Å². The third-order valence-electron chi connectivity index (χ3n) is 11.7. The van der Waals surface area contributed by atoms with Crippen LogP contribution in [0.2, 0.25) is 0 Å². The summed E-state index contributed by atoms with van der Waals surface area (Å²) in [6.07, 6.45) is 55.7. The van der Waals surface area contributed by atoms with Crippen molar-refractivity contribution in [3.05, 3.63) is 24.3 Å². The Kier molecular flexibility index (Phi) is 46.6. The van der Waals surface area contributed by atoms with E-state index in [1.165, 1.54) is 180 Å². The molecule has 0 aliphatic carbocycles. The Labute approximate surface area is 361 Å². The van der Waals surface area contributed by atoms with Crippen LogP contribution in [0.1, 0.15) is 271 Å². The van der Waals surface area contributed by atoms with E-state index >= 15 is 0 Å². The number of allylic oxidation sites excluding steroid dienone is 4. The summed E-state index contributed by atoms with van der Waals surface area (Å²) in [5, 5.41) is 23.2. The van der Waals surface area contributed by atoms with Crippen molar-refractivity contribution in [2.45, 2.75) is 283 Å². The number of aliphatic hydroxyl groups is 2. The molecule has 0 rings (SSSR count). The maximum absolute atomic E-state index is 12.4. The second-order valence-corrected chi connectivity index (χ2v) is 17.5. The molecule has 1 amide bonds. The average molecular weight is 818 g/mol. The number of esters is 1. The minimum atomic E-state index is -0.671. The van der Waals surface area contributed by atoms with Gasteiger partial charge in [0.2, 0.25) is 5.91 Å².